The van der Waals surface area contributed by atoms with Crippen LogP contribution in [0.1, 0.15) is 46.5 Å². The minimum Gasteiger partial charge on any atom is -0.323 e. The standard InChI is InChI=1S/C16H25N3O2/c1-11-8-12(10-15(2,3)9-11)19-13(20)16(18-14(19)21)4-6-17-7-5-16/h8,12,17H,4-7,9-10H2,1-3H3,(H,18,21). The maximum absolute atomic E-state index is 12.9. The van der Waals surface area contributed by atoms with E-state index in [9.17, 15) is 9.59 Å². The molecule has 5 nitrogen and oxygen atoms in total. The average molecular weight is 291 g/mol. The fourth-order valence-corrected chi connectivity index (χ4v) is 4.14. The van der Waals surface area contributed by atoms with Gasteiger partial charge in [-0.1, -0.05) is 25.5 Å². The van der Waals surface area contributed by atoms with E-state index in [-0.39, 0.29) is 23.4 Å². The van der Waals surface area contributed by atoms with E-state index < -0.39 is 5.54 Å². The van der Waals surface area contributed by atoms with E-state index in [1.54, 1.807) is 0 Å². The lowest BCUT2D eigenvalue weighted by atomic mass is 9.75. The van der Waals surface area contributed by atoms with Crippen molar-refractivity contribution in [3.05, 3.63) is 11.6 Å². The molecule has 0 radical (unpaired) electrons. The monoisotopic (exact) mass is 291 g/mol. The zero-order valence-electron chi connectivity index (χ0n) is 13.2. The van der Waals surface area contributed by atoms with Crippen LogP contribution in [0.5, 0.6) is 0 Å². The first-order valence-corrected chi connectivity index (χ1v) is 7.87. The first kappa shape index (κ1) is 14.6. The molecule has 2 saturated heterocycles. The molecule has 2 fully saturated rings. The number of nitrogens with zero attached hydrogens (tertiary/aromatic N) is 1. The summed E-state index contributed by atoms with van der Waals surface area (Å²) in [6.45, 7) is 8.06. The smallest absolute Gasteiger partial charge is 0.323 e. The van der Waals surface area contributed by atoms with Crippen molar-refractivity contribution in [3.8, 4) is 0 Å². The second-order valence-electron chi connectivity index (χ2n) is 7.56. The summed E-state index contributed by atoms with van der Waals surface area (Å²) in [4.78, 5) is 26.8. The number of piperidine rings is 1. The van der Waals surface area contributed by atoms with Gasteiger partial charge in [-0.25, -0.2) is 4.79 Å². The molecule has 2 N–H and O–H groups in total. The fourth-order valence-electron chi connectivity index (χ4n) is 4.14. The molecule has 0 aromatic heterocycles. The van der Waals surface area contributed by atoms with Gasteiger partial charge in [-0.05, 0) is 51.1 Å². The van der Waals surface area contributed by atoms with Gasteiger partial charge in [0.05, 0.1) is 6.04 Å². The van der Waals surface area contributed by atoms with Crippen molar-refractivity contribution in [3.63, 3.8) is 0 Å². The highest BCUT2D eigenvalue weighted by molar-refractivity contribution is 6.07. The third-order valence-electron chi connectivity index (χ3n) is 4.98. The van der Waals surface area contributed by atoms with E-state index in [2.05, 4.69) is 37.5 Å². The number of hydrogen-bond acceptors (Lipinski definition) is 3. The van der Waals surface area contributed by atoms with Gasteiger partial charge >= 0.3 is 6.03 Å². The minimum absolute atomic E-state index is 0.0271. The van der Waals surface area contributed by atoms with Crippen LogP contribution in [-0.4, -0.2) is 41.5 Å². The van der Waals surface area contributed by atoms with Crippen LogP contribution in [0, 0.1) is 5.41 Å². The summed E-state index contributed by atoms with van der Waals surface area (Å²) in [5.41, 5.74) is 0.739. The van der Waals surface area contributed by atoms with Crippen molar-refractivity contribution in [1.82, 2.24) is 15.5 Å². The van der Waals surface area contributed by atoms with Crippen molar-refractivity contribution in [2.24, 2.45) is 5.41 Å². The lowest BCUT2D eigenvalue weighted by molar-refractivity contribution is -0.133. The van der Waals surface area contributed by atoms with E-state index in [1.165, 1.54) is 10.5 Å². The Morgan fingerprint density at radius 2 is 1.90 bits per heavy atom. The van der Waals surface area contributed by atoms with Crippen LogP contribution in [0.4, 0.5) is 4.79 Å². The number of urea groups is 1. The molecule has 0 saturated carbocycles. The Balaban J connectivity index is 1.87. The molecule has 0 aromatic carbocycles. The summed E-state index contributed by atoms with van der Waals surface area (Å²) >= 11 is 0. The first-order chi connectivity index (χ1) is 9.83. The topological polar surface area (TPSA) is 61.4 Å². The van der Waals surface area contributed by atoms with E-state index in [1.807, 2.05) is 0 Å². The fraction of sp³-hybridized carbons (Fsp3) is 0.750. The van der Waals surface area contributed by atoms with Crippen LogP contribution in [0.25, 0.3) is 0 Å². The number of carbonyl (C=O) groups is 2. The maximum atomic E-state index is 12.9. The first-order valence-electron chi connectivity index (χ1n) is 7.87. The molecule has 2 heterocycles. The molecule has 0 aromatic rings. The molecule has 3 amide bonds. The van der Waals surface area contributed by atoms with Crippen molar-refractivity contribution >= 4 is 11.9 Å². The quantitative estimate of drug-likeness (QED) is 0.572. The van der Waals surface area contributed by atoms with Gasteiger partial charge in [0.1, 0.15) is 5.54 Å². The van der Waals surface area contributed by atoms with Crippen molar-refractivity contribution in [2.75, 3.05) is 13.1 Å². The minimum atomic E-state index is -0.661. The van der Waals surface area contributed by atoms with E-state index >= 15 is 0 Å². The molecule has 1 aliphatic carbocycles. The Morgan fingerprint density at radius 1 is 1.24 bits per heavy atom. The van der Waals surface area contributed by atoms with Crippen LogP contribution in [0.3, 0.4) is 0 Å². The highest BCUT2D eigenvalue weighted by Crippen LogP contribution is 2.39. The number of nitrogens with one attached hydrogen (secondary N) is 2. The lowest BCUT2D eigenvalue weighted by Gasteiger charge is -2.37. The molecular weight excluding hydrogens is 266 g/mol. The van der Waals surface area contributed by atoms with Crippen LogP contribution < -0.4 is 10.6 Å². The molecular formula is C16H25N3O2. The lowest BCUT2D eigenvalue weighted by Crippen LogP contribution is -2.54. The van der Waals surface area contributed by atoms with Gasteiger partial charge in [-0.3, -0.25) is 9.69 Å². The number of allylic oxidation sites excluding steroid dienone is 1. The molecule has 3 rings (SSSR count). The van der Waals surface area contributed by atoms with Gasteiger partial charge in [-0.2, -0.15) is 0 Å². The molecule has 21 heavy (non-hydrogen) atoms. The zero-order chi connectivity index (χ0) is 15.3. The molecule has 0 bridgehead atoms. The Bertz CT molecular complexity index is 504. The number of carbonyl (C=O) groups excluding carboxylic acids is 2. The van der Waals surface area contributed by atoms with E-state index in [4.69, 9.17) is 0 Å². The second-order valence-corrected chi connectivity index (χ2v) is 7.56. The van der Waals surface area contributed by atoms with Gasteiger partial charge in [0.25, 0.3) is 5.91 Å². The molecule has 1 atom stereocenters. The Labute approximate surface area is 126 Å². The van der Waals surface area contributed by atoms with Crippen molar-refractivity contribution in [2.45, 2.75) is 58.0 Å². The third-order valence-corrected chi connectivity index (χ3v) is 4.98. The Hall–Kier alpha value is -1.36. The van der Waals surface area contributed by atoms with Crippen molar-refractivity contribution < 1.29 is 9.59 Å². The van der Waals surface area contributed by atoms with E-state index in [0.717, 1.165) is 25.9 Å². The molecule has 1 spiro atoms. The largest absolute Gasteiger partial charge is 0.325 e. The number of rotatable bonds is 1. The molecule has 116 valence electrons. The molecule has 5 heteroatoms. The SMILES string of the molecule is CC1=CC(N2C(=O)NC3(CCNCC3)C2=O)CC(C)(C)C1. The molecule has 3 aliphatic rings. The molecule has 1 unspecified atom stereocenters. The van der Waals surface area contributed by atoms with Crippen LogP contribution in [-0.2, 0) is 4.79 Å². The number of amides is 3. The van der Waals surface area contributed by atoms with E-state index in [0.29, 0.717) is 12.8 Å². The summed E-state index contributed by atoms with van der Waals surface area (Å²) in [6.07, 6.45) is 5.35. The predicted molar refractivity (Wildman–Crippen MR) is 80.8 cm³/mol. The predicted octanol–water partition coefficient (Wildman–Crippen LogP) is 1.80. The van der Waals surface area contributed by atoms with Gasteiger partial charge in [0.2, 0.25) is 0 Å². The van der Waals surface area contributed by atoms with Gasteiger partial charge < -0.3 is 10.6 Å². The van der Waals surface area contributed by atoms with Crippen LogP contribution in [0.2, 0.25) is 0 Å². The van der Waals surface area contributed by atoms with Gasteiger partial charge in [0.15, 0.2) is 0 Å². The normalized spacial score (nSPS) is 31.3. The Kier molecular flexibility index (Phi) is 3.35. The van der Waals surface area contributed by atoms with Crippen molar-refractivity contribution in [1.29, 1.82) is 0 Å². The number of hydrogen-bond donors (Lipinski definition) is 2. The summed E-state index contributed by atoms with van der Waals surface area (Å²) in [5.74, 6) is -0.0271. The highest BCUT2D eigenvalue weighted by atomic mass is 16.2. The Morgan fingerprint density at radius 3 is 2.52 bits per heavy atom. The molecule has 2 aliphatic heterocycles. The van der Waals surface area contributed by atoms with Crippen LogP contribution >= 0.6 is 0 Å². The number of imide groups is 1. The summed E-state index contributed by atoms with van der Waals surface area (Å²) < 4.78 is 0. The van der Waals surface area contributed by atoms with Crippen LogP contribution in [0.15, 0.2) is 11.6 Å². The average Bonchev–Trinajstić information content (AvgIpc) is 2.59. The summed E-state index contributed by atoms with van der Waals surface area (Å²) in [7, 11) is 0. The van der Waals surface area contributed by atoms with Gasteiger partial charge in [0, 0.05) is 0 Å². The zero-order valence-corrected chi connectivity index (χ0v) is 13.2. The second kappa shape index (κ2) is 4.83. The van der Waals surface area contributed by atoms with Gasteiger partial charge in [-0.15, -0.1) is 0 Å². The maximum Gasteiger partial charge on any atom is 0.325 e. The summed E-state index contributed by atoms with van der Waals surface area (Å²) in [5, 5.41) is 6.23. The third kappa shape index (κ3) is 2.48. The highest BCUT2D eigenvalue weighted by Gasteiger charge is 2.53. The summed E-state index contributed by atoms with van der Waals surface area (Å²) in [6, 6.07) is -0.316.